The summed E-state index contributed by atoms with van der Waals surface area (Å²) in [4.78, 5) is 10.4. The molecule has 2 heteroatoms. The number of unbranched alkanes of at least 4 members (excludes halogenated alkanes) is 7. The zero-order chi connectivity index (χ0) is 12.8. The maximum Gasteiger partial charge on any atom is 0.0839 e. The Hall–Kier alpha value is -0.400. The number of hydrogen-bond acceptors (Lipinski definition) is 2. The van der Waals surface area contributed by atoms with E-state index in [2.05, 4.69) is 19.0 Å². The second-order valence-corrected chi connectivity index (χ2v) is 5.23. The molecule has 0 aliphatic rings. The molecule has 0 bridgehead atoms. The molecule has 0 saturated carbocycles. The molecule has 0 aromatic heterocycles. The lowest BCUT2D eigenvalue weighted by molar-refractivity contribution is 0.414. The van der Waals surface area contributed by atoms with Crippen molar-refractivity contribution in [2.75, 3.05) is 6.54 Å². The Morgan fingerprint density at radius 3 is 1.82 bits per heavy atom. The van der Waals surface area contributed by atoms with Gasteiger partial charge >= 0.3 is 0 Å². The predicted octanol–water partition coefficient (Wildman–Crippen LogP) is 5.70. The second-order valence-electron chi connectivity index (χ2n) is 5.23. The van der Waals surface area contributed by atoms with Crippen molar-refractivity contribution < 1.29 is 0 Å². The first kappa shape index (κ1) is 16.6. The zero-order valence-electron chi connectivity index (χ0n) is 11.9. The van der Waals surface area contributed by atoms with E-state index in [-0.39, 0.29) is 0 Å². The second kappa shape index (κ2) is 13.7. The van der Waals surface area contributed by atoms with Crippen molar-refractivity contribution in [3.05, 3.63) is 4.91 Å². The van der Waals surface area contributed by atoms with Gasteiger partial charge in [0.05, 0.1) is 6.54 Å². The molecule has 0 aliphatic heterocycles. The minimum atomic E-state index is 0.540. The van der Waals surface area contributed by atoms with Crippen LogP contribution in [-0.2, 0) is 0 Å². The molecule has 0 spiro atoms. The highest BCUT2D eigenvalue weighted by Crippen LogP contribution is 2.18. The van der Waals surface area contributed by atoms with E-state index in [0.29, 0.717) is 12.5 Å². The Kier molecular flexibility index (Phi) is 13.3. The number of nitroso groups, excluding NO2 is 1. The van der Waals surface area contributed by atoms with Crippen LogP contribution in [0.4, 0.5) is 0 Å². The molecule has 17 heavy (non-hydrogen) atoms. The molecule has 102 valence electrons. The van der Waals surface area contributed by atoms with Gasteiger partial charge in [-0.25, -0.2) is 0 Å². The Morgan fingerprint density at radius 2 is 1.24 bits per heavy atom. The topological polar surface area (TPSA) is 29.4 Å². The lowest BCUT2D eigenvalue weighted by Crippen LogP contribution is -2.04. The number of rotatable bonds is 13. The molecule has 1 atom stereocenters. The van der Waals surface area contributed by atoms with Gasteiger partial charge in [-0.05, 0) is 18.8 Å². The fraction of sp³-hybridized carbons (Fsp3) is 1.00. The molecular weight excluding hydrogens is 210 g/mol. The van der Waals surface area contributed by atoms with Gasteiger partial charge in [-0.15, -0.1) is 0 Å². The summed E-state index contributed by atoms with van der Waals surface area (Å²) in [5, 5.41) is 3.09. The Morgan fingerprint density at radius 1 is 0.765 bits per heavy atom. The fourth-order valence-electron chi connectivity index (χ4n) is 2.33. The van der Waals surface area contributed by atoms with Crippen molar-refractivity contribution in [2.45, 2.75) is 84.5 Å². The van der Waals surface area contributed by atoms with Gasteiger partial charge in [0.15, 0.2) is 0 Å². The van der Waals surface area contributed by atoms with Crippen molar-refractivity contribution in [3.8, 4) is 0 Å². The Labute approximate surface area is 108 Å². The molecule has 0 amide bonds. The van der Waals surface area contributed by atoms with Gasteiger partial charge in [-0.2, -0.15) is 4.91 Å². The van der Waals surface area contributed by atoms with Crippen molar-refractivity contribution in [2.24, 2.45) is 11.1 Å². The summed E-state index contributed by atoms with van der Waals surface area (Å²) in [5.74, 6) is 0.560. The minimum absolute atomic E-state index is 0.540. The van der Waals surface area contributed by atoms with E-state index in [4.69, 9.17) is 0 Å². The first-order valence-corrected chi connectivity index (χ1v) is 7.64. The summed E-state index contributed by atoms with van der Waals surface area (Å²) in [5.41, 5.74) is 0. The lowest BCUT2D eigenvalue weighted by atomic mass is 9.95. The minimum Gasteiger partial charge on any atom is -0.151 e. The van der Waals surface area contributed by atoms with Crippen LogP contribution in [0.2, 0.25) is 0 Å². The van der Waals surface area contributed by atoms with Crippen LogP contribution >= 0.6 is 0 Å². The van der Waals surface area contributed by atoms with Gasteiger partial charge in [0.2, 0.25) is 0 Å². The highest BCUT2D eigenvalue weighted by molar-refractivity contribution is 4.62. The van der Waals surface area contributed by atoms with E-state index < -0.39 is 0 Å². The average Bonchev–Trinajstić information content (AvgIpc) is 2.34. The van der Waals surface area contributed by atoms with Crippen molar-refractivity contribution >= 4 is 0 Å². The standard InChI is InChI=1S/C15H31NO/c1-3-5-7-8-9-11-13-15(14-16-17)12-10-6-4-2/h15H,3-14H2,1-2H3. The van der Waals surface area contributed by atoms with Crippen LogP contribution in [-0.4, -0.2) is 6.54 Å². The molecule has 0 rings (SSSR count). The van der Waals surface area contributed by atoms with Crippen molar-refractivity contribution in [3.63, 3.8) is 0 Å². The molecule has 0 saturated heterocycles. The van der Waals surface area contributed by atoms with Gasteiger partial charge in [0.25, 0.3) is 0 Å². The Bertz CT molecular complexity index is 159. The smallest absolute Gasteiger partial charge is 0.0839 e. The first-order chi connectivity index (χ1) is 8.35. The average molecular weight is 241 g/mol. The summed E-state index contributed by atoms with van der Waals surface area (Å²) in [6.45, 7) is 5.01. The van der Waals surface area contributed by atoms with Crippen LogP contribution in [0.5, 0.6) is 0 Å². The molecule has 0 aromatic carbocycles. The summed E-state index contributed by atoms with van der Waals surface area (Å²) in [6.07, 6.45) is 14.3. The predicted molar refractivity (Wildman–Crippen MR) is 76.3 cm³/mol. The highest BCUT2D eigenvalue weighted by Gasteiger charge is 2.08. The van der Waals surface area contributed by atoms with Crippen LogP contribution in [0.3, 0.4) is 0 Å². The summed E-state index contributed by atoms with van der Waals surface area (Å²) < 4.78 is 0. The molecule has 0 fully saturated rings. The van der Waals surface area contributed by atoms with E-state index in [1.807, 2.05) is 0 Å². The molecule has 0 N–H and O–H groups in total. The van der Waals surface area contributed by atoms with E-state index in [1.54, 1.807) is 0 Å². The Balaban J connectivity index is 3.44. The van der Waals surface area contributed by atoms with Crippen LogP contribution in [0, 0.1) is 10.8 Å². The van der Waals surface area contributed by atoms with Gasteiger partial charge in [0, 0.05) is 0 Å². The molecular formula is C15H31NO. The third-order valence-corrected chi connectivity index (χ3v) is 3.51. The molecule has 0 aliphatic carbocycles. The lowest BCUT2D eigenvalue weighted by Gasteiger charge is -2.12. The number of nitrogens with zero attached hydrogens (tertiary/aromatic N) is 1. The van der Waals surface area contributed by atoms with Crippen molar-refractivity contribution in [1.29, 1.82) is 0 Å². The number of hydrogen-bond donors (Lipinski definition) is 0. The van der Waals surface area contributed by atoms with Crippen molar-refractivity contribution in [1.82, 2.24) is 0 Å². The maximum atomic E-state index is 10.4. The van der Waals surface area contributed by atoms with E-state index in [0.717, 1.165) is 0 Å². The first-order valence-electron chi connectivity index (χ1n) is 7.64. The fourth-order valence-corrected chi connectivity index (χ4v) is 2.33. The monoisotopic (exact) mass is 241 g/mol. The maximum absolute atomic E-state index is 10.4. The van der Waals surface area contributed by atoms with E-state index >= 15 is 0 Å². The van der Waals surface area contributed by atoms with E-state index in [1.165, 1.54) is 70.6 Å². The third kappa shape index (κ3) is 11.9. The molecule has 0 aromatic rings. The quantitative estimate of drug-likeness (QED) is 0.300. The molecule has 2 nitrogen and oxygen atoms in total. The highest BCUT2D eigenvalue weighted by atomic mass is 16.3. The van der Waals surface area contributed by atoms with Crippen LogP contribution < -0.4 is 0 Å². The summed E-state index contributed by atoms with van der Waals surface area (Å²) in [6, 6.07) is 0. The normalized spacial score (nSPS) is 12.6. The van der Waals surface area contributed by atoms with Crippen LogP contribution in [0.25, 0.3) is 0 Å². The third-order valence-electron chi connectivity index (χ3n) is 3.51. The molecule has 0 radical (unpaired) electrons. The SMILES string of the molecule is CCCCCCCCC(CCCCC)CN=O. The largest absolute Gasteiger partial charge is 0.151 e. The van der Waals surface area contributed by atoms with Gasteiger partial charge in [-0.1, -0.05) is 76.8 Å². The van der Waals surface area contributed by atoms with Crippen LogP contribution in [0.1, 0.15) is 84.5 Å². The van der Waals surface area contributed by atoms with Gasteiger partial charge in [0.1, 0.15) is 0 Å². The van der Waals surface area contributed by atoms with E-state index in [9.17, 15) is 4.91 Å². The summed E-state index contributed by atoms with van der Waals surface area (Å²) in [7, 11) is 0. The zero-order valence-corrected chi connectivity index (χ0v) is 11.9. The molecule has 0 heterocycles. The van der Waals surface area contributed by atoms with Gasteiger partial charge in [-0.3, -0.25) is 0 Å². The van der Waals surface area contributed by atoms with Crippen LogP contribution in [0.15, 0.2) is 5.18 Å². The summed E-state index contributed by atoms with van der Waals surface area (Å²) >= 11 is 0. The van der Waals surface area contributed by atoms with Gasteiger partial charge < -0.3 is 0 Å². The molecule has 1 unspecified atom stereocenters.